The molecule has 0 bridgehead atoms. The molecule has 1 fully saturated rings. The third kappa shape index (κ3) is 3.02. The van der Waals surface area contributed by atoms with Crippen molar-refractivity contribution in [1.29, 1.82) is 0 Å². The molecule has 0 saturated carbocycles. The summed E-state index contributed by atoms with van der Waals surface area (Å²) in [5.41, 5.74) is -0.757. The molecule has 1 saturated heterocycles. The van der Waals surface area contributed by atoms with E-state index < -0.39 is 17.3 Å². The van der Waals surface area contributed by atoms with Crippen LogP contribution >= 0.6 is 0 Å². The van der Waals surface area contributed by atoms with Crippen LogP contribution in [0.15, 0.2) is 18.2 Å². The number of likely N-dealkylation sites (tertiary alicyclic amines) is 1. The molecular weight excluding hydrogens is 273 g/mol. The Kier molecular flexibility index (Phi) is 4.83. The van der Waals surface area contributed by atoms with Crippen LogP contribution < -0.4 is 4.74 Å². The van der Waals surface area contributed by atoms with Gasteiger partial charge in [0.05, 0.1) is 7.11 Å². The normalized spacial score (nSPS) is 19.6. The van der Waals surface area contributed by atoms with Gasteiger partial charge in [-0.1, -0.05) is 18.9 Å². The maximum atomic E-state index is 14.0. The Morgan fingerprint density at radius 1 is 1.29 bits per heavy atom. The van der Waals surface area contributed by atoms with E-state index in [2.05, 4.69) is 0 Å². The summed E-state index contributed by atoms with van der Waals surface area (Å²) in [4.78, 5) is 13.9. The van der Waals surface area contributed by atoms with Gasteiger partial charge in [0.2, 0.25) is 0 Å². The summed E-state index contributed by atoms with van der Waals surface area (Å²) in [6.07, 6.45) is 4.18. The number of rotatable bonds is 4. The van der Waals surface area contributed by atoms with Crippen LogP contribution in [-0.2, 0) is 10.3 Å². The summed E-state index contributed by atoms with van der Waals surface area (Å²) in [5, 5.41) is 9.75. The highest BCUT2D eigenvalue weighted by Crippen LogP contribution is 2.33. The van der Waals surface area contributed by atoms with Gasteiger partial charge in [0.1, 0.15) is 5.54 Å². The van der Waals surface area contributed by atoms with Gasteiger partial charge in [0.15, 0.2) is 11.6 Å². The van der Waals surface area contributed by atoms with Crippen molar-refractivity contribution in [1.82, 2.24) is 4.90 Å². The monoisotopic (exact) mass is 295 g/mol. The molecule has 0 amide bonds. The van der Waals surface area contributed by atoms with Gasteiger partial charge in [-0.05, 0) is 50.6 Å². The first kappa shape index (κ1) is 15.8. The zero-order chi connectivity index (χ0) is 15.5. The van der Waals surface area contributed by atoms with E-state index in [9.17, 15) is 14.3 Å². The number of nitrogens with zero attached hydrogens (tertiary/aromatic N) is 1. The first-order valence-electron chi connectivity index (χ1n) is 7.32. The number of methoxy groups -OCH3 is 1. The zero-order valence-electron chi connectivity index (χ0n) is 12.6. The second-order valence-electron chi connectivity index (χ2n) is 5.63. The van der Waals surface area contributed by atoms with Crippen molar-refractivity contribution in [3.8, 4) is 5.75 Å². The van der Waals surface area contributed by atoms with Gasteiger partial charge in [-0.15, -0.1) is 0 Å². The summed E-state index contributed by atoms with van der Waals surface area (Å²) in [6.45, 7) is 3.09. The van der Waals surface area contributed by atoms with Crippen molar-refractivity contribution >= 4 is 5.97 Å². The summed E-state index contributed by atoms with van der Waals surface area (Å²) in [7, 11) is 1.39. The fraction of sp³-hybridized carbons (Fsp3) is 0.562. The second kappa shape index (κ2) is 6.43. The molecule has 1 N–H and O–H groups in total. The Morgan fingerprint density at radius 2 is 1.90 bits per heavy atom. The third-order valence-corrected chi connectivity index (χ3v) is 4.37. The molecule has 1 atom stereocenters. The fourth-order valence-electron chi connectivity index (χ4n) is 2.93. The zero-order valence-corrected chi connectivity index (χ0v) is 12.6. The number of hydrogen-bond donors (Lipinski definition) is 1. The van der Waals surface area contributed by atoms with Crippen LogP contribution in [0.4, 0.5) is 4.39 Å². The van der Waals surface area contributed by atoms with E-state index in [1.165, 1.54) is 19.2 Å². The van der Waals surface area contributed by atoms with Crippen LogP contribution in [0.1, 0.15) is 38.2 Å². The molecule has 1 aromatic rings. The highest BCUT2D eigenvalue weighted by Gasteiger charge is 2.41. The van der Waals surface area contributed by atoms with Crippen molar-refractivity contribution in [2.75, 3.05) is 20.2 Å². The van der Waals surface area contributed by atoms with E-state index in [1.54, 1.807) is 13.0 Å². The van der Waals surface area contributed by atoms with Gasteiger partial charge < -0.3 is 9.84 Å². The third-order valence-electron chi connectivity index (χ3n) is 4.37. The van der Waals surface area contributed by atoms with E-state index in [0.29, 0.717) is 5.56 Å². The first-order valence-corrected chi connectivity index (χ1v) is 7.32. The molecule has 1 aliphatic heterocycles. The molecule has 116 valence electrons. The molecule has 4 nitrogen and oxygen atoms in total. The molecule has 5 heteroatoms. The van der Waals surface area contributed by atoms with E-state index in [0.717, 1.165) is 38.8 Å². The molecule has 1 unspecified atom stereocenters. The van der Waals surface area contributed by atoms with Gasteiger partial charge in [-0.25, -0.2) is 9.18 Å². The average molecular weight is 295 g/mol. The van der Waals surface area contributed by atoms with Crippen LogP contribution in [0.3, 0.4) is 0 Å². The fourth-order valence-corrected chi connectivity index (χ4v) is 2.93. The first-order chi connectivity index (χ1) is 10.00. The molecule has 1 aliphatic rings. The van der Waals surface area contributed by atoms with Gasteiger partial charge in [0.25, 0.3) is 0 Å². The predicted octanol–water partition coefficient (Wildman–Crippen LogP) is 3.01. The summed E-state index contributed by atoms with van der Waals surface area (Å²) in [5.74, 6) is -1.35. The SMILES string of the molecule is COc1ccc(C(C)(C(=O)O)N2CCCCCC2)cc1F. The number of carboxylic acid groups (broad SMARTS) is 1. The molecule has 21 heavy (non-hydrogen) atoms. The van der Waals surface area contributed by atoms with Crippen LogP contribution in [0.5, 0.6) is 5.75 Å². The van der Waals surface area contributed by atoms with Crippen molar-refractivity contribution < 1.29 is 19.0 Å². The largest absolute Gasteiger partial charge is 0.494 e. The van der Waals surface area contributed by atoms with Crippen LogP contribution in [0.25, 0.3) is 0 Å². The molecule has 0 radical (unpaired) electrons. The van der Waals surface area contributed by atoms with Gasteiger partial charge in [-0.2, -0.15) is 0 Å². The lowest BCUT2D eigenvalue weighted by Crippen LogP contribution is -2.50. The number of hydrogen-bond acceptors (Lipinski definition) is 3. The predicted molar refractivity (Wildman–Crippen MR) is 78.0 cm³/mol. The average Bonchev–Trinajstić information content (AvgIpc) is 2.75. The quantitative estimate of drug-likeness (QED) is 0.927. The molecule has 0 aliphatic carbocycles. The van der Waals surface area contributed by atoms with Crippen LogP contribution in [-0.4, -0.2) is 36.2 Å². The highest BCUT2D eigenvalue weighted by atomic mass is 19.1. The number of ether oxygens (including phenoxy) is 1. The van der Waals surface area contributed by atoms with Crippen molar-refractivity contribution in [2.24, 2.45) is 0 Å². The van der Waals surface area contributed by atoms with E-state index in [-0.39, 0.29) is 5.75 Å². The summed E-state index contributed by atoms with van der Waals surface area (Å²) < 4.78 is 18.9. The Balaban J connectivity index is 2.41. The van der Waals surface area contributed by atoms with Gasteiger partial charge in [0, 0.05) is 0 Å². The number of aliphatic carboxylic acids is 1. The van der Waals surface area contributed by atoms with Crippen molar-refractivity contribution in [2.45, 2.75) is 38.1 Å². The van der Waals surface area contributed by atoms with Crippen LogP contribution in [0, 0.1) is 5.82 Å². The lowest BCUT2D eigenvalue weighted by atomic mass is 9.89. The highest BCUT2D eigenvalue weighted by molar-refractivity contribution is 5.80. The maximum absolute atomic E-state index is 14.0. The molecule has 1 heterocycles. The van der Waals surface area contributed by atoms with Crippen molar-refractivity contribution in [3.63, 3.8) is 0 Å². The topological polar surface area (TPSA) is 49.8 Å². The minimum Gasteiger partial charge on any atom is -0.494 e. The molecule has 1 aromatic carbocycles. The summed E-state index contributed by atoms with van der Waals surface area (Å²) >= 11 is 0. The Morgan fingerprint density at radius 3 is 2.38 bits per heavy atom. The number of carboxylic acids is 1. The number of carbonyl (C=O) groups is 1. The molecule has 2 rings (SSSR count). The molecule has 0 aromatic heterocycles. The van der Waals surface area contributed by atoms with Crippen molar-refractivity contribution in [3.05, 3.63) is 29.6 Å². The van der Waals surface area contributed by atoms with Crippen LogP contribution in [0.2, 0.25) is 0 Å². The second-order valence-corrected chi connectivity index (χ2v) is 5.63. The number of halogens is 1. The maximum Gasteiger partial charge on any atom is 0.328 e. The van der Waals surface area contributed by atoms with Gasteiger partial charge >= 0.3 is 5.97 Å². The number of benzene rings is 1. The Labute approximate surface area is 124 Å². The lowest BCUT2D eigenvalue weighted by Gasteiger charge is -2.37. The van der Waals surface area contributed by atoms with E-state index >= 15 is 0 Å². The van der Waals surface area contributed by atoms with Gasteiger partial charge in [-0.3, -0.25) is 4.90 Å². The standard InChI is InChI=1S/C16H22FNO3/c1-16(15(19)20,18-9-5-3-4-6-10-18)12-7-8-14(21-2)13(17)11-12/h7-8,11H,3-6,9-10H2,1-2H3,(H,19,20). The lowest BCUT2D eigenvalue weighted by molar-refractivity contribution is -0.151. The molecule has 0 spiro atoms. The van der Waals surface area contributed by atoms with E-state index in [1.807, 2.05) is 4.90 Å². The minimum atomic E-state index is -1.21. The molecular formula is C16H22FNO3. The van der Waals surface area contributed by atoms with E-state index in [4.69, 9.17) is 4.74 Å². The smallest absolute Gasteiger partial charge is 0.328 e. The Bertz CT molecular complexity index is 512. The minimum absolute atomic E-state index is 0.127. The Hall–Kier alpha value is -1.62. The summed E-state index contributed by atoms with van der Waals surface area (Å²) in [6, 6.07) is 4.41.